The lowest BCUT2D eigenvalue weighted by Gasteiger charge is -2.18. The first kappa shape index (κ1) is 59.9. The smallest absolute Gasteiger partial charge is 0.306 e. The van der Waals surface area contributed by atoms with Gasteiger partial charge >= 0.3 is 17.9 Å². The normalized spacial score (nSPS) is 12.6. The molecule has 0 saturated carbocycles. The Bertz CT molecular complexity index is 1190. The van der Waals surface area contributed by atoms with Crippen molar-refractivity contribution in [2.24, 2.45) is 0 Å². The van der Waals surface area contributed by atoms with Gasteiger partial charge in [0.25, 0.3) is 0 Å². The van der Waals surface area contributed by atoms with Gasteiger partial charge in [-0.25, -0.2) is 0 Å². The number of carbonyl (C=O) groups is 3. The molecule has 0 aliphatic rings. The molecule has 1 atom stereocenters. The van der Waals surface area contributed by atoms with E-state index in [-0.39, 0.29) is 31.1 Å². The predicted octanol–water partition coefficient (Wildman–Crippen LogP) is 17.4. The molecule has 362 valence electrons. The van der Waals surface area contributed by atoms with Crippen LogP contribution in [0.15, 0.2) is 72.9 Å². The van der Waals surface area contributed by atoms with Crippen LogP contribution in [0.1, 0.15) is 252 Å². The standard InChI is InChI=1S/C57H98O6/c1-4-7-10-13-16-19-22-25-27-28-30-33-35-38-41-44-47-50-56(59)62-53-54(63-57(60)51-48-45-42-39-36-31-24-21-18-15-12-9-6-3)52-61-55(58)49-46-43-40-37-34-32-29-26-23-20-17-14-11-8-5-2/h8,11,16-17,19-21,24-27,29,54H,4-7,9-10,12-15,18,22-23,28,30-53H2,1-3H3/b11-8-,19-16-,20-17-,24-21-,27-25-,29-26-/t54-/m1/s1. The summed E-state index contributed by atoms with van der Waals surface area (Å²) in [6.07, 6.45) is 64.5. The van der Waals surface area contributed by atoms with Crippen molar-refractivity contribution in [2.75, 3.05) is 13.2 Å². The monoisotopic (exact) mass is 879 g/mol. The molecule has 0 radical (unpaired) electrons. The van der Waals surface area contributed by atoms with Gasteiger partial charge in [0.05, 0.1) is 0 Å². The molecule has 0 saturated heterocycles. The first-order chi connectivity index (χ1) is 31.0. The molecular formula is C57H98O6. The fourth-order valence-corrected chi connectivity index (χ4v) is 7.19. The zero-order valence-corrected chi connectivity index (χ0v) is 41.3. The van der Waals surface area contributed by atoms with Crippen molar-refractivity contribution in [1.29, 1.82) is 0 Å². The lowest BCUT2D eigenvalue weighted by Crippen LogP contribution is -2.30. The van der Waals surface area contributed by atoms with Crippen molar-refractivity contribution in [3.63, 3.8) is 0 Å². The molecule has 0 rings (SSSR count). The number of carbonyl (C=O) groups excluding carboxylic acids is 3. The molecule has 0 aliphatic heterocycles. The van der Waals surface area contributed by atoms with Crippen LogP contribution in [-0.4, -0.2) is 37.2 Å². The van der Waals surface area contributed by atoms with Crippen LogP contribution in [0.4, 0.5) is 0 Å². The third kappa shape index (κ3) is 49.7. The summed E-state index contributed by atoms with van der Waals surface area (Å²) in [5.74, 6) is -0.919. The van der Waals surface area contributed by atoms with E-state index in [1.54, 1.807) is 0 Å². The highest BCUT2D eigenvalue weighted by Crippen LogP contribution is 2.14. The van der Waals surface area contributed by atoms with Gasteiger partial charge < -0.3 is 14.2 Å². The van der Waals surface area contributed by atoms with E-state index in [2.05, 4.69) is 93.7 Å². The molecule has 0 aliphatic carbocycles. The Labute approximate surface area is 389 Å². The largest absolute Gasteiger partial charge is 0.462 e. The molecule has 0 spiro atoms. The number of esters is 3. The molecule has 0 fully saturated rings. The van der Waals surface area contributed by atoms with E-state index in [1.165, 1.54) is 89.9 Å². The fraction of sp³-hybridized carbons (Fsp3) is 0.737. The van der Waals surface area contributed by atoms with Crippen LogP contribution >= 0.6 is 0 Å². The molecule has 0 bridgehead atoms. The first-order valence-electron chi connectivity index (χ1n) is 26.4. The van der Waals surface area contributed by atoms with Crippen molar-refractivity contribution < 1.29 is 28.6 Å². The summed E-state index contributed by atoms with van der Waals surface area (Å²) in [6.45, 7) is 6.46. The summed E-state index contributed by atoms with van der Waals surface area (Å²) in [6, 6.07) is 0. The SMILES string of the molecule is CC/C=C\C/C=C\C/C=C\CCCCCCCC(=O)OC[C@H](COC(=O)CCCCCCCCC/C=C\C/C=C\CCCCC)OC(=O)CCCCCCC/C=C\CCCCCC. The van der Waals surface area contributed by atoms with E-state index >= 15 is 0 Å². The van der Waals surface area contributed by atoms with Crippen LogP contribution in [0.25, 0.3) is 0 Å². The molecule has 6 nitrogen and oxygen atoms in total. The quantitative estimate of drug-likeness (QED) is 0.0262. The number of hydrogen-bond acceptors (Lipinski definition) is 6. The van der Waals surface area contributed by atoms with E-state index in [4.69, 9.17) is 14.2 Å². The number of ether oxygens (including phenoxy) is 3. The molecule has 0 heterocycles. The fourth-order valence-electron chi connectivity index (χ4n) is 7.19. The Morgan fingerprint density at radius 1 is 0.333 bits per heavy atom. The zero-order valence-electron chi connectivity index (χ0n) is 41.3. The average Bonchev–Trinajstić information content (AvgIpc) is 3.28. The predicted molar refractivity (Wildman–Crippen MR) is 270 cm³/mol. The molecule has 0 N–H and O–H groups in total. The van der Waals surface area contributed by atoms with Crippen molar-refractivity contribution in [1.82, 2.24) is 0 Å². The van der Waals surface area contributed by atoms with Crippen LogP contribution in [-0.2, 0) is 28.6 Å². The highest BCUT2D eigenvalue weighted by Gasteiger charge is 2.19. The van der Waals surface area contributed by atoms with Crippen LogP contribution in [0.2, 0.25) is 0 Å². The third-order valence-corrected chi connectivity index (χ3v) is 11.2. The summed E-state index contributed by atoms with van der Waals surface area (Å²) >= 11 is 0. The van der Waals surface area contributed by atoms with Crippen LogP contribution in [0, 0.1) is 0 Å². The molecular weight excluding hydrogens is 781 g/mol. The Kier molecular flexibility index (Phi) is 48.9. The maximum absolute atomic E-state index is 12.8. The van der Waals surface area contributed by atoms with E-state index in [0.717, 1.165) is 122 Å². The first-order valence-corrected chi connectivity index (χ1v) is 26.4. The van der Waals surface area contributed by atoms with Gasteiger partial charge in [0, 0.05) is 19.3 Å². The summed E-state index contributed by atoms with van der Waals surface area (Å²) < 4.78 is 16.8. The number of rotatable bonds is 47. The summed E-state index contributed by atoms with van der Waals surface area (Å²) in [5.41, 5.74) is 0. The number of hydrogen-bond donors (Lipinski definition) is 0. The van der Waals surface area contributed by atoms with Gasteiger partial charge in [0.2, 0.25) is 0 Å². The minimum absolute atomic E-state index is 0.0886. The molecule has 0 aromatic rings. The van der Waals surface area contributed by atoms with Crippen LogP contribution in [0.3, 0.4) is 0 Å². The van der Waals surface area contributed by atoms with Gasteiger partial charge in [-0.2, -0.15) is 0 Å². The van der Waals surface area contributed by atoms with Gasteiger partial charge in [0.15, 0.2) is 6.10 Å². The minimum atomic E-state index is -0.789. The average molecular weight is 879 g/mol. The van der Waals surface area contributed by atoms with Gasteiger partial charge in [-0.15, -0.1) is 0 Å². The Morgan fingerprint density at radius 3 is 1.02 bits per heavy atom. The Morgan fingerprint density at radius 2 is 0.619 bits per heavy atom. The summed E-state index contributed by atoms with van der Waals surface area (Å²) in [4.78, 5) is 38.0. The molecule has 0 unspecified atom stereocenters. The van der Waals surface area contributed by atoms with Gasteiger partial charge in [-0.3, -0.25) is 14.4 Å². The number of unbranched alkanes of at least 4 members (excludes halogenated alkanes) is 24. The molecule has 63 heavy (non-hydrogen) atoms. The van der Waals surface area contributed by atoms with Crippen molar-refractivity contribution >= 4 is 17.9 Å². The summed E-state index contributed by atoms with van der Waals surface area (Å²) in [5, 5.41) is 0. The molecule has 0 aromatic carbocycles. The Hall–Kier alpha value is -3.15. The maximum atomic E-state index is 12.8. The number of allylic oxidation sites excluding steroid dienone is 12. The third-order valence-electron chi connectivity index (χ3n) is 11.2. The highest BCUT2D eigenvalue weighted by molar-refractivity contribution is 5.71. The van der Waals surface area contributed by atoms with Crippen LogP contribution < -0.4 is 0 Å². The van der Waals surface area contributed by atoms with Gasteiger partial charge in [0.1, 0.15) is 13.2 Å². The minimum Gasteiger partial charge on any atom is -0.462 e. The highest BCUT2D eigenvalue weighted by atomic mass is 16.6. The van der Waals surface area contributed by atoms with Gasteiger partial charge in [-0.1, -0.05) is 196 Å². The van der Waals surface area contributed by atoms with Crippen molar-refractivity contribution in [2.45, 2.75) is 258 Å². The second-order valence-corrected chi connectivity index (χ2v) is 17.4. The van der Waals surface area contributed by atoms with Gasteiger partial charge in [-0.05, 0) is 109 Å². The van der Waals surface area contributed by atoms with Crippen molar-refractivity contribution in [3.05, 3.63) is 72.9 Å². The lowest BCUT2D eigenvalue weighted by molar-refractivity contribution is -0.167. The van der Waals surface area contributed by atoms with Crippen molar-refractivity contribution in [3.8, 4) is 0 Å². The Balaban J connectivity index is 4.42. The zero-order chi connectivity index (χ0) is 45.8. The molecule has 0 amide bonds. The second kappa shape index (κ2) is 51.5. The maximum Gasteiger partial charge on any atom is 0.306 e. The topological polar surface area (TPSA) is 78.9 Å². The van der Waals surface area contributed by atoms with Crippen LogP contribution in [0.5, 0.6) is 0 Å². The van der Waals surface area contributed by atoms with E-state index in [0.29, 0.717) is 19.3 Å². The van der Waals surface area contributed by atoms with E-state index < -0.39 is 6.10 Å². The molecule has 6 heteroatoms. The lowest BCUT2D eigenvalue weighted by atomic mass is 10.1. The second-order valence-electron chi connectivity index (χ2n) is 17.4. The molecule has 0 aromatic heterocycles. The summed E-state index contributed by atoms with van der Waals surface area (Å²) in [7, 11) is 0. The van der Waals surface area contributed by atoms with E-state index in [9.17, 15) is 14.4 Å². The van der Waals surface area contributed by atoms with E-state index in [1.807, 2.05) is 0 Å².